The topological polar surface area (TPSA) is 87.7 Å². The van der Waals surface area contributed by atoms with Crippen molar-refractivity contribution in [3.8, 4) is 0 Å². The number of aryl methyl sites for hydroxylation is 1. The van der Waals surface area contributed by atoms with Crippen LogP contribution in [0, 0.1) is 18.8 Å². The van der Waals surface area contributed by atoms with Gasteiger partial charge in [-0.15, -0.1) is 0 Å². The van der Waals surface area contributed by atoms with Crippen LogP contribution in [-0.4, -0.2) is 26.6 Å². The maximum absolute atomic E-state index is 12.4. The van der Waals surface area contributed by atoms with Gasteiger partial charge in [-0.25, -0.2) is 9.97 Å². The Kier molecular flexibility index (Phi) is 3.45. The number of H-pyrrole nitrogens is 1. The Morgan fingerprint density at radius 2 is 2.24 bits per heavy atom. The number of carbonyl (C=O) groups is 2. The highest BCUT2D eigenvalue weighted by Gasteiger charge is 2.30. The molecule has 0 aliphatic heterocycles. The van der Waals surface area contributed by atoms with Gasteiger partial charge in [0, 0.05) is 24.5 Å². The van der Waals surface area contributed by atoms with Crippen LogP contribution >= 0.6 is 0 Å². The second kappa shape index (κ2) is 5.27. The molecule has 1 saturated carbocycles. The van der Waals surface area contributed by atoms with Gasteiger partial charge in [0.05, 0.1) is 5.39 Å². The first-order valence-electron chi connectivity index (χ1n) is 7.20. The number of rotatable bonds is 2. The molecule has 6 heteroatoms. The molecule has 110 valence electrons. The lowest BCUT2D eigenvalue weighted by Crippen LogP contribution is -2.31. The molecule has 1 fully saturated rings. The summed E-state index contributed by atoms with van der Waals surface area (Å²) in [7, 11) is 0. The maximum Gasteiger partial charge on any atom is 0.228 e. The van der Waals surface area contributed by atoms with Gasteiger partial charge in [0.15, 0.2) is 0 Å². The van der Waals surface area contributed by atoms with E-state index in [1.54, 1.807) is 13.1 Å². The van der Waals surface area contributed by atoms with E-state index in [1.165, 1.54) is 0 Å². The Morgan fingerprint density at radius 3 is 3.00 bits per heavy atom. The van der Waals surface area contributed by atoms with Crippen LogP contribution < -0.4 is 5.32 Å². The number of hydrogen-bond acceptors (Lipinski definition) is 4. The number of aromatic nitrogens is 3. The van der Waals surface area contributed by atoms with Gasteiger partial charge in [0.2, 0.25) is 5.91 Å². The Bertz CT molecular complexity index is 707. The molecule has 0 spiro atoms. The number of Topliss-reactive ketones (excluding diaryl/α,β-unsaturated/α-hetero) is 1. The number of nitrogens with zero attached hydrogens (tertiary/aromatic N) is 2. The summed E-state index contributed by atoms with van der Waals surface area (Å²) in [6.07, 6.45) is 3.50. The third-order valence-electron chi connectivity index (χ3n) is 4.07. The third kappa shape index (κ3) is 2.66. The lowest BCUT2D eigenvalue weighted by molar-refractivity contribution is -0.128. The number of amides is 1. The summed E-state index contributed by atoms with van der Waals surface area (Å²) in [5.41, 5.74) is 0.713. The number of ketones is 1. The van der Waals surface area contributed by atoms with Crippen molar-refractivity contribution in [1.82, 2.24) is 15.0 Å². The van der Waals surface area contributed by atoms with Crippen LogP contribution in [0.15, 0.2) is 12.3 Å². The van der Waals surface area contributed by atoms with Gasteiger partial charge in [-0.3, -0.25) is 9.59 Å². The van der Waals surface area contributed by atoms with Crippen LogP contribution in [-0.2, 0) is 9.59 Å². The highest BCUT2D eigenvalue weighted by Crippen LogP contribution is 2.28. The molecule has 0 radical (unpaired) electrons. The molecule has 2 atom stereocenters. The largest absolute Gasteiger partial charge is 0.346 e. The van der Waals surface area contributed by atoms with Crippen molar-refractivity contribution in [1.29, 1.82) is 0 Å². The van der Waals surface area contributed by atoms with E-state index in [0.717, 1.165) is 5.39 Å². The van der Waals surface area contributed by atoms with E-state index in [1.807, 2.05) is 13.0 Å². The number of nitrogens with one attached hydrogen (secondary N) is 2. The van der Waals surface area contributed by atoms with Crippen molar-refractivity contribution < 1.29 is 9.59 Å². The lowest BCUT2D eigenvalue weighted by Gasteiger charge is -2.24. The Labute approximate surface area is 122 Å². The summed E-state index contributed by atoms with van der Waals surface area (Å²) in [4.78, 5) is 35.6. The van der Waals surface area contributed by atoms with Gasteiger partial charge in [-0.05, 0) is 25.8 Å². The Balaban J connectivity index is 1.80. The highest BCUT2D eigenvalue weighted by atomic mass is 16.2. The van der Waals surface area contributed by atoms with E-state index in [2.05, 4.69) is 20.3 Å². The van der Waals surface area contributed by atoms with Crippen LogP contribution in [0.5, 0.6) is 0 Å². The summed E-state index contributed by atoms with van der Waals surface area (Å²) in [6, 6.07) is 1.84. The van der Waals surface area contributed by atoms with E-state index in [9.17, 15) is 9.59 Å². The smallest absolute Gasteiger partial charge is 0.228 e. The molecular weight excluding hydrogens is 268 g/mol. The van der Waals surface area contributed by atoms with Crippen LogP contribution in [0.4, 0.5) is 5.82 Å². The SMILES string of the molecule is Cc1nc(NC(=O)C2CCC(=O)C(C)C2)c2cc[nH]c2n1. The zero-order chi connectivity index (χ0) is 15.0. The molecule has 2 aromatic heterocycles. The summed E-state index contributed by atoms with van der Waals surface area (Å²) >= 11 is 0. The molecule has 2 unspecified atom stereocenters. The van der Waals surface area contributed by atoms with E-state index < -0.39 is 0 Å². The zero-order valence-corrected chi connectivity index (χ0v) is 12.1. The van der Waals surface area contributed by atoms with Crippen molar-refractivity contribution >= 4 is 28.5 Å². The maximum atomic E-state index is 12.4. The summed E-state index contributed by atoms with van der Waals surface area (Å²) < 4.78 is 0. The van der Waals surface area contributed by atoms with Gasteiger partial charge in [0.1, 0.15) is 23.1 Å². The average molecular weight is 286 g/mol. The molecule has 6 nitrogen and oxygen atoms in total. The molecule has 21 heavy (non-hydrogen) atoms. The van der Waals surface area contributed by atoms with Gasteiger partial charge in [-0.1, -0.05) is 6.92 Å². The molecule has 1 amide bonds. The Hall–Kier alpha value is -2.24. The van der Waals surface area contributed by atoms with Gasteiger partial charge in [-0.2, -0.15) is 0 Å². The number of fused-ring (bicyclic) bond motifs is 1. The standard InChI is InChI=1S/C15H18N4O2/c1-8-7-10(3-4-12(8)20)15(21)19-14-11-5-6-16-13(11)17-9(2)18-14/h5-6,8,10H,3-4,7H2,1-2H3,(H2,16,17,18,19,21). The van der Waals surface area contributed by atoms with Gasteiger partial charge < -0.3 is 10.3 Å². The van der Waals surface area contributed by atoms with Gasteiger partial charge in [0.25, 0.3) is 0 Å². The molecule has 0 saturated heterocycles. The first-order valence-corrected chi connectivity index (χ1v) is 7.20. The minimum atomic E-state index is -0.123. The highest BCUT2D eigenvalue weighted by molar-refractivity contribution is 6.00. The quantitative estimate of drug-likeness (QED) is 0.886. The van der Waals surface area contributed by atoms with Crippen molar-refractivity contribution in [3.63, 3.8) is 0 Å². The van der Waals surface area contributed by atoms with Crippen LogP contribution in [0.1, 0.15) is 32.0 Å². The number of anilines is 1. The molecule has 2 heterocycles. The van der Waals surface area contributed by atoms with Gasteiger partial charge >= 0.3 is 0 Å². The second-order valence-corrected chi connectivity index (χ2v) is 5.69. The average Bonchev–Trinajstić information content (AvgIpc) is 2.90. The van der Waals surface area contributed by atoms with E-state index in [-0.39, 0.29) is 23.5 Å². The van der Waals surface area contributed by atoms with Crippen molar-refractivity contribution in [3.05, 3.63) is 18.1 Å². The Morgan fingerprint density at radius 1 is 1.43 bits per heavy atom. The zero-order valence-electron chi connectivity index (χ0n) is 12.1. The number of hydrogen-bond donors (Lipinski definition) is 2. The fourth-order valence-corrected chi connectivity index (χ4v) is 2.84. The summed E-state index contributed by atoms with van der Waals surface area (Å²) in [5.74, 6) is 1.18. The molecule has 2 aromatic rings. The van der Waals surface area contributed by atoms with Crippen molar-refractivity contribution in [2.24, 2.45) is 11.8 Å². The third-order valence-corrected chi connectivity index (χ3v) is 4.07. The van der Waals surface area contributed by atoms with Crippen LogP contribution in [0.3, 0.4) is 0 Å². The minimum Gasteiger partial charge on any atom is -0.346 e. The number of carbonyl (C=O) groups excluding carboxylic acids is 2. The fraction of sp³-hybridized carbons (Fsp3) is 0.467. The van der Waals surface area contributed by atoms with Crippen molar-refractivity contribution in [2.75, 3.05) is 5.32 Å². The second-order valence-electron chi connectivity index (χ2n) is 5.69. The molecular formula is C15H18N4O2. The fourth-order valence-electron chi connectivity index (χ4n) is 2.84. The monoisotopic (exact) mass is 286 g/mol. The minimum absolute atomic E-state index is 0.0334. The van der Waals surface area contributed by atoms with E-state index >= 15 is 0 Å². The predicted octanol–water partition coefficient (Wildman–Crippen LogP) is 2.21. The molecule has 1 aliphatic rings. The molecule has 0 bridgehead atoms. The molecule has 0 aromatic carbocycles. The molecule has 1 aliphatic carbocycles. The predicted molar refractivity (Wildman–Crippen MR) is 78.8 cm³/mol. The normalized spacial score (nSPS) is 22.5. The molecule has 3 rings (SSSR count). The lowest BCUT2D eigenvalue weighted by atomic mass is 9.81. The first-order chi connectivity index (χ1) is 10.0. The van der Waals surface area contributed by atoms with E-state index in [0.29, 0.717) is 36.6 Å². The number of aromatic amines is 1. The van der Waals surface area contributed by atoms with Crippen LogP contribution in [0.25, 0.3) is 11.0 Å². The molecule has 2 N–H and O–H groups in total. The van der Waals surface area contributed by atoms with Crippen LogP contribution in [0.2, 0.25) is 0 Å². The summed E-state index contributed by atoms with van der Waals surface area (Å²) in [5, 5.41) is 3.70. The van der Waals surface area contributed by atoms with E-state index in [4.69, 9.17) is 0 Å². The van der Waals surface area contributed by atoms with Crippen molar-refractivity contribution in [2.45, 2.75) is 33.1 Å². The first kappa shape index (κ1) is 13.7. The summed E-state index contributed by atoms with van der Waals surface area (Å²) in [6.45, 7) is 3.68.